The number of quaternary nitrogens is 1. The molecule has 1 atom stereocenters. The molecule has 1 amide bonds. The average Bonchev–Trinajstić information content (AvgIpc) is 3.14. The fourth-order valence-corrected chi connectivity index (χ4v) is 3.20. The fraction of sp³-hybridized carbons (Fsp3) is 0.250. The van der Waals surface area contributed by atoms with E-state index in [4.69, 9.17) is 0 Å². The first-order valence-electron chi connectivity index (χ1n) is 7.70. The minimum Gasteiger partial charge on any atom is -0.268 e. The normalized spacial score (nSPS) is 22.6. The Morgan fingerprint density at radius 2 is 2.09 bits per heavy atom. The third kappa shape index (κ3) is 1.74. The quantitative estimate of drug-likeness (QED) is 0.882. The van der Waals surface area contributed by atoms with Gasteiger partial charge in [-0.3, -0.25) is 9.69 Å². The smallest absolute Gasteiger partial charge is 0.268 e. The van der Waals surface area contributed by atoms with E-state index in [1.165, 1.54) is 12.8 Å². The van der Waals surface area contributed by atoms with Gasteiger partial charge in [-0.1, -0.05) is 17.3 Å². The molecule has 1 aromatic carbocycles. The number of nitrogens with one attached hydrogen (secondary N) is 1. The molecule has 7 heteroatoms. The Balaban J connectivity index is 1.65. The number of carbonyl (C=O) groups is 1. The Bertz CT molecular complexity index is 891. The standard InChI is InChI=1S/C16H14N6O/c1-20-15-14(22-8-12(18-19-22)10-6-7-10)17-9-21(15)13-5-3-2-4-11(13)16(20)23/h2-5,8-10H,6-7H2,1H3/p+1. The van der Waals surface area contributed by atoms with Crippen molar-refractivity contribution in [3.8, 4) is 0 Å². The van der Waals surface area contributed by atoms with E-state index in [0.29, 0.717) is 17.3 Å². The van der Waals surface area contributed by atoms with Crippen LogP contribution in [-0.2, 0) is 0 Å². The van der Waals surface area contributed by atoms with Crippen molar-refractivity contribution in [3.05, 3.63) is 47.5 Å². The van der Waals surface area contributed by atoms with Gasteiger partial charge in [-0.2, -0.15) is 9.67 Å². The second-order valence-electron chi connectivity index (χ2n) is 6.12. The number of amides is 1. The van der Waals surface area contributed by atoms with Crippen LogP contribution in [-0.4, -0.2) is 39.2 Å². The number of fused-ring (bicyclic) bond motifs is 3. The van der Waals surface area contributed by atoms with Crippen LogP contribution in [0.3, 0.4) is 0 Å². The molecule has 1 fully saturated rings. The van der Waals surface area contributed by atoms with E-state index in [1.54, 1.807) is 16.6 Å². The number of carbonyl (C=O) groups excluding carboxylic acids is 1. The average molecular weight is 307 g/mol. The summed E-state index contributed by atoms with van der Waals surface area (Å²) in [6.07, 6.45) is 6.10. The van der Waals surface area contributed by atoms with Crippen molar-refractivity contribution in [2.24, 2.45) is 4.99 Å². The predicted molar refractivity (Wildman–Crippen MR) is 82.9 cm³/mol. The van der Waals surface area contributed by atoms with Gasteiger partial charge in [0.1, 0.15) is 5.56 Å². The Morgan fingerprint density at radius 1 is 1.26 bits per heavy atom. The Labute approximate surface area is 132 Å². The molecule has 0 saturated heterocycles. The molecule has 1 N–H and O–H groups in total. The van der Waals surface area contributed by atoms with Crippen LogP contribution in [0.2, 0.25) is 0 Å². The summed E-state index contributed by atoms with van der Waals surface area (Å²) in [5, 5.41) is 8.45. The molecule has 1 saturated carbocycles. The Kier molecular flexibility index (Phi) is 2.41. The van der Waals surface area contributed by atoms with Crippen LogP contribution < -0.4 is 4.90 Å². The highest BCUT2D eigenvalue weighted by atomic mass is 16.2. The molecule has 7 nitrogen and oxygen atoms in total. The minimum atomic E-state index is -0.0233. The van der Waals surface area contributed by atoms with Crippen molar-refractivity contribution in [1.82, 2.24) is 19.9 Å². The number of aromatic nitrogens is 3. The summed E-state index contributed by atoms with van der Waals surface area (Å²) < 4.78 is 1.68. The summed E-state index contributed by atoms with van der Waals surface area (Å²) in [7, 11) is 1.78. The Morgan fingerprint density at radius 3 is 2.91 bits per heavy atom. The third-order valence-corrected chi connectivity index (χ3v) is 4.59. The van der Waals surface area contributed by atoms with Crippen molar-refractivity contribution >= 4 is 23.8 Å². The largest absolute Gasteiger partial charge is 0.268 e. The zero-order chi connectivity index (χ0) is 15.6. The van der Waals surface area contributed by atoms with Gasteiger partial charge in [-0.05, 0) is 18.9 Å². The van der Waals surface area contributed by atoms with E-state index in [1.807, 2.05) is 36.8 Å². The number of aliphatic imine (C=N–C) groups is 1. The van der Waals surface area contributed by atoms with E-state index in [0.717, 1.165) is 22.1 Å². The highest BCUT2D eigenvalue weighted by Crippen LogP contribution is 2.39. The van der Waals surface area contributed by atoms with Crippen molar-refractivity contribution in [2.75, 3.05) is 7.05 Å². The number of nitrogens with zero attached hydrogens (tertiary/aromatic N) is 5. The molecule has 114 valence electrons. The van der Waals surface area contributed by atoms with Crippen LogP contribution in [0.1, 0.15) is 34.8 Å². The van der Waals surface area contributed by atoms with Crippen LogP contribution in [0, 0.1) is 0 Å². The topological polar surface area (TPSA) is 67.8 Å². The summed E-state index contributed by atoms with van der Waals surface area (Å²) in [5.74, 6) is 1.96. The maximum absolute atomic E-state index is 12.6. The van der Waals surface area contributed by atoms with Crippen LogP contribution in [0.4, 0.5) is 5.69 Å². The molecule has 5 rings (SSSR count). The first-order chi connectivity index (χ1) is 11.2. The summed E-state index contributed by atoms with van der Waals surface area (Å²) in [4.78, 5) is 19.8. The van der Waals surface area contributed by atoms with Gasteiger partial charge in [0, 0.05) is 19.0 Å². The molecule has 1 aliphatic carbocycles. The maximum atomic E-state index is 12.6. The highest BCUT2D eigenvalue weighted by molar-refractivity contribution is 6.01. The zero-order valence-corrected chi connectivity index (χ0v) is 12.6. The molecule has 3 heterocycles. The molecule has 0 bridgehead atoms. The molecular weight excluding hydrogens is 292 g/mol. The molecule has 2 aliphatic heterocycles. The van der Waals surface area contributed by atoms with Gasteiger partial charge in [0.05, 0.1) is 11.9 Å². The fourth-order valence-electron chi connectivity index (χ4n) is 3.20. The van der Waals surface area contributed by atoms with Gasteiger partial charge < -0.3 is 0 Å². The summed E-state index contributed by atoms with van der Waals surface area (Å²) in [5.41, 5.74) is 2.64. The molecule has 1 aromatic heterocycles. The molecule has 0 radical (unpaired) electrons. The van der Waals surface area contributed by atoms with Gasteiger partial charge in [0.15, 0.2) is 5.69 Å². The van der Waals surface area contributed by atoms with Gasteiger partial charge in [0.25, 0.3) is 11.7 Å². The highest BCUT2D eigenvalue weighted by Gasteiger charge is 2.42. The maximum Gasteiger partial charge on any atom is 0.268 e. The molecule has 2 aromatic rings. The number of hydrogen-bond donors (Lipinski definition) is 1. The van der Waals surface area contributed by atoms with E-state index in [-0.39, 0.29) is 5.91 Å². The van der Waals surface area contributed by atoms with E-state index in [2.05, 4.69) is 15.3 Å². The second kappa shape index (κ2) is 4.36. The van der Waals surface area contributed by atoms with E-state index < -0.39 is 0 Å². The monoisotopic (exact) mass is 307 g/mol. The van der Waals surface area contributed by atoms with Crippen LogP contribution >= 0.6 is 0 Å². The van der Waals surface area contributed by atoms with E-state index in [9.17, 15) is 4.79 Å². The predicted octanol–water partition coefficient (Wildman–Crippen LogP) is 0.583. The summed E-state index contributed by atoms with van der Waals surface area (Å²) >= 11 is 0. The lowest BCUT2D eigenvalue weighted by atomic mass is 10.1. The van der Waals surface area contributed by atoms with Crippen molar-refractivity contribution in [1.29, 1.82) is 0 Å². The van der Waals surface area contributed by atoms with Crippen molar-refractivity contribution in [2.45, 2.75) is 18.8 Å². The van der Waals surface area contributed by atoms with Gasteiger partial charge in [0.2, 0.25) is 12.2 Å². The van der Waals surface area contributed by atoms with Gasteiger partial charge in [-0.25, -0.2) is 4.90 Å². The molecular formula is C16H15N6O+. The zero-order valence-electron chi connectivity index (χ0n) is 12.6. The minimum absolute atomic E-state index is 0.0233. The molecule has 1 unspecified atom stereocenters. The first kappa shape index (κ1) is 12.7. The number of para-hydroxylation sites is 1. The van der Waals surface area contributed by atoms with Crippen molar-refractivity contribution < 1.29 is 9.69 Å². The van der Waals surface area contributed by atoms with E-state index >= 15 is 0 Å². The number of benzene rings is 1. The van der Waals surface area contributed by atoms with Crippen molar-refractivity contribution in [3.63, 3.8) is 0 Å². The van der Waals surface area contributed by atoms with Crippen LogP contribution in [0.15, 0.2) is 41.3 Å². The SMILES string of the molecule is CN1C(=O)c2ccccc2[NH+]2C=NC(n3cc(C4CC4)nn3)=C12. The number of hydrogen-bond acceptors (Lipinski definition) is 4. The van der Waals surface area contributed by atoms with Gasteiger partial charge in [-0.15, -0.1) is 5.10 Å². The third-order valence-electron chi connectivity index (χ3n) is 4.59. The summed E-state index contributed by atoms with van der Waals surface area (Å²) in [6.45, 7) is 0. The number of rotatable bonds is 2. The molecule has 3 aliphatic rings. The lowest BCUT2D eigenvalue weighted by Gasteiger charge is -2.28. The molecule has 23 heavy (non-hydrogen) atoms. The van der Waals surface area contributed by atoms with Crippen LogP contribution in [0.5, 0.6) is 0 Å². The van der Waals surface area contributed by atoms with Gasteiger partial charge >= 0.3 is 0 Å². The second-order valence-corrected chi connectivity index (χ2v) is 6.12. The lowest BCUT2D eigenvalue weighted by molar-refractivity contribution is -0.685. The lowest BCUT2D eigenvalue weighted by Crippen LogP contribution is -3.06. The Hall–Kier alpha value is -2.80. The summed E-state index contributed by atoms with van der Waals surface area (Å²) in [6, 6.07) is 7.63. The first-order valence-corrected chi connectivity index (χ1v) is 7.70. The molecule has 0 spiro atoms. The van der Waals surface area contributed by atoms with Crippen LogP contribution in [0.25, 0.3) is 5.82 Å².